The van der Waals surface area contributed by atoms with Crippen LogP contribution in [0.2, 0.25) is 0 Å². The Morgan fingerprint density at radius 3 is 2.17 bits per heavy atom. The second-order valence-electron chi connectivity index (χ2n) is 6.88. The van der Waals surface area contributed by atoms with E-state index in [1.807, 2.05) is 0 Å². The molecule has 7 nitrogen and oxygen atoms in total. The van der Waals surface area contributed by atoms with Crippen molar-refractivity contribution in [3.63, 3.8) is 0 Å². The van der Waals surface area contributed by atoms with Crippen LogP contribution in [-0.4, -0.2) is 37.6 Å². The number of carbonyl (C=O) groups excluding carboxylic acids is 2. The van der Waals surface area contributed by atoms with Gasteiger partial charge in [-0.3, -0.25) is 9.59 Å². The summed E-state index contributed by atoms with van der Waals surface area (Å²) >= 11 is 3.30. The topological polar surface area (TPSA) is 95.6 Å². The van der Waals surface area contributed by atoms with Crippen LogP contribution in [0.4, 0.5) is 11.4 Å². The van der Waals surface area contributed by atoms with Gasteiger partial charge in [0.15, 0.2) is 0 Å². The zero-order valence-electron chi connectivity index (χ0n) is 15.9. The van der Waals surface area contributed by atoms with Crippen molar-refractivity contribution in [3.8, 4) is 0 Å². The monoisotopic (exact) mass is 479 g/mol. The van der Waals surface area contributed by atoms with E-state index in [1.165, 1.54) is 11.2 Å². The second-order valence-corrected chi connectivity index (χ2v) is 9.74. The number of nitrogens with zero attached hydrogens (tertiary/aromatic N) is 1. The van der Waals surface area contributed by atoms with Gasteiger partial charge >= 0.3 is 0 Å². The molecule has 0 aromatic heterocycles. The molecule has 2 N–H and O–H groups in total. The predicted octanol–water partition coefficient (Wildman–Crippen LogP) is 3.45. The molecule has 0 saturated carbocycles. The summed E-state index contributed by atoms with van der Waals surface area (Å²) in [4.78, 5) is 24.0. The minimum atomic E-state index is -3.56. The van der Waals surface area contributed by atoms with Crippen LogP contribution in [-0.2, 0) is 19.6 Å². The lowest BCUT2D eigenvalue weighted by atomic mass is 9.97. The van der Waals surface area contributed by atoms with Crippen LogP contribution in [0.5, 0.6) is 0 Å². The Labute approximate surface area is 178 Å². The normalized spacial score (nSPS) is 15.7. The first kappa shape index (κ1) is 21.5. The molecule has 1 aliphatic heterocycles. The first-order valence-electron chi connectivity index (χ1n) is 9.20. The third-order valence-electron chi connectivity index (χ3n) is 4.73. The summed E-state index contributed by atoms with van der Waals surface area (Å²) in [6, 6.07) is 13.4. The highest BCUT2D eigenvalue weighted by Gasteiger charge is 2.32. The fraction of sp³-hybridized carbons (Fsp3) is 0.300. The molecule has 0 unspecified atom stereocenters. The molecule has 0 spiro atoms. The van der Waals surface area contributed by atoms with Crippen molar-refractivity contribution in [2.45, 2.75) is 24.7 Å². The van der Waals surface area contributed by atoms with Gasteiger partial charge in [-0.15, -0.1) is 0 Å². The van der Waals surface area contributed by atoms with Gasteiger partial charge in [-0.05, 0) is 55.3 Å². The molecular weight excluding hydrogens is 458 g/mol. The maximum Gasteiger partial charge on any atom is 0.243 e. The molecule has 1 saturated heterocycles. The highest BCUT2D eigenvalue weighted by molar-refractivity contribution is 9.10. The van der Waals surface area contributed by atoms with Crippen molar-refractivity contribution in [1.82, 2.24) is 4.31 Å². The summed E-state index contributed by atoms with van der Waals surface area (Å²) < 4.78 is 27.8. The van der Waals surface area contributed by atoms with Gasteiger partial charge < -0.3 is 10.6 Å². The highest BCUT2D eigenvalue weighted by Crippen LogP contribution is 2.26. The fourth-order valence-electron chi connectivity index (χ4n) is 3.24. The molecule has 154 valence electrons. The number of carbonyl (C=O) groups is 2. The first-order chi connectivity index (χ1) is 13.8. The van der Waals surface area contributed by atoms with Gasteiger partial charge in [-0.1, -0.05) is 22.0 Å². The second kappa shape index (κ2) is 9.06. The molecule has 2 aromatic carbocycles. The summed E-state index contributed by atoms with van der Waals surface area (Å²) in [6.07, 6.45) is 0.903. The number of hydrogen-bond acceptors (Lipinski definition) is 4. The molecule has 3 rings (SSSR count). The largest absolute Gasteiger partial charge is 0.326 e. The van der Waals surface area contributed by atoms with Crippen LogP contribution in [0.15, 0.2) is 57.9 Å². The summed E-state index contributed by atoms with van der Waals surface area (Å²) in [5.41, 5.74) is 1.19. The van der Waals surface area contributed by atoms with E-state index in [-0.39, 0.29) is 22.6 Å². The summed E-state index contributed by atoms with van der Waals surface area (Å²) in [7, 11) is -3.56. The molecule has 0 radical (unpaired) electrons. The van der Waals surface area contributed by atoms with Gasteiger partial charge in [-0.2, -0.15) is 4.31 Å². The summed E-state index contributed by atoms with van der Waals surface area (Å²) in [5, 5.41) is 5.53. The number of piperidine rings is 1. The van der Waals surface area contributed by atoms with Crippen LogP contribution in [0, 0.1) is 5.92 Å². The lowest BCUT2D eigenvalue weighted by Crippen LogP contribution is -2.41. The molecule has 1 fully saturated rings. The number of anilines is 2. The maximum atomic E-state index is 12.8. The predicted molar refractivity (Wildman–Crippen MR) is 115 cm³/mol. The molecule has 2 aromatic rings. The van der Waals surface area contributed by atoms with E-state index < -0.39 is 10.0 Å². The number of sulfonamides is 1. The van der Waals surface area contributed by atoms with E-state index in [0.717, 1.165) is 4.47 Å². The molecular formula is C20H22BrN3O4S. The Morgan fingerprint density at radius 1 is 1.00 bits per heavy atom. The Hall–Kier alpha value is -2.23. The Morgan fingerprint density at radius 2 is 1.59 bits per heavy atom. The molecule has 1 heterocycles. The zero-order valence-corrected chi connectivity index (χ0v) is 18.3. The molecule has 2 amide bonds. The van der Waals surface area contributed by atoms with Crippen LogP contribution in [0.3, 0.4) is 0 Å². The third-order valence-corrected chi connectivity index (χ3v) is 7.17. The van der Waals surface area contributed by atoms with Gasteiger partial charge in [0, 0.05) is 41.8 Å². The Kier molecular flexibility index (Phi) is 6.71. The van der Waals surface area contributed by atoms with Gasteiger partial charge in [0.05, 0.1) is 4.90 Å². The number of halogens is 1. The fourth-order valence-corrected chi connectivity index (χ4v) is 4.97. The quantitative estimate of drug-likeness (QED) is 0.686. The smallest absolute Gasteiger partial charge is 0.243 e. The van der Waals surface area contributed by atoms with E-state index in [2.05, 4.69) is 26.6 Å². The number of amides is 2. The van der Waals surface area contributed by atoms with Crippen molar-refractivity contribution >= 4 is 49.1 Å². The minimum absolute atomic E-state index is 0.148. The van der Waals surface area contributed by atoms with Crippen LogP contribution >= 0.6 is 15.9 Å². The van der Waals surface area contributed by atoms with Crippen molar-refractivity contribution in [2.75, 3.05) is 23.7 Å². The number of nitrogens with one attached hydrogen (secondary N) is 2. The molecule has 0 bridgehead atoms. The van der Waals surface area contributed by atoms with E-state index in [4.69, 9.17) is 0 Å². The summed E-state index contributed by atoms with van der Waals surface area (Å²) in [6.45, 7) is 2.01. The van der Waals surface area contributed by atoms with Gasteiger partial charge in [0.1, 0.15) is 0 Å². The highest BCUT2D eigenvalue weighted by atomic mass is 79.9. The van der Waals surface area contributed by atoms with Gasteiger partial charge in [0.2, 0.25) is 21.8 Å². The van der Waals surface area contributed by atoms with Crippen LogP contribution in [0.1, 0.15) is 19.8 Å². The summed E-state index contributed by atoms with van der Waals surface area (Å²) in [5.74, 6) is -0.603. The van der Waals surface area contributed by atoms with Crippen molar-refractivity contribution in [3.05, 3.63) is 53.0 Å². The van der Waals surface area contributed by atoms with Crippen molar-refractivity contribution < 1.29 is 18.0 Å². The first-order valence-corrected chi connectivity index (χ1v) is 11.4. The Bertz CT molecular complexity index is 1000. The maximum absolute atomic E-state index is 12.8. The number of hydrogen-bond donors (Lipinski definition) is 2. The molecule has 9 heteroatoms. The lowest BCUT2D eigenvalue weighted by molar-refractivity contribution is -0.121. The van der Waals surface area contributed by atoms with Gasteiger partial charge in [-0.25, -0.2) is 8.42 Å². The van der Waals surface area contributed by atoms with Crippen LogP contribution in [0.25, 0.3) is 0 Å². The van der Waals surface area contributed by atoms with E-state index >= 15 is 0 Å². The number of rotatable bonds is 5. The zero-order chi connectivity index (χ0) is 21.0. The average molecular weight is 480 g/mol. The lowest BCUT2D eigenvalue weighted by Gasteiger charge is -2.30. The molecule has 1 aliphatic rings. The minimum Gasteiger partial charge on any atom is -0.326 e. The average Bonchev–Trinajstić information content (AvgIpc) is 2.68. The van der Waals surface area contributed by atoms with Crippen molar-refractivity contribution in [1.29, 1.82) is 0 Å². The molecule has 0 atom stereocenters. The number of benzene rings is 2. The standard InChI is InChI=1S/C20H22BrN3O4S/c1-14(25)22-17-3-2-4-18(13-17)23-20(26)15-9-11-24(12-10-15)29(27,28)19-7-5-16(21)6-8-19/h2-8,13,15H,9-12H2,1H3,(H,22,25)(H,23,26). The Balaban J connectivity index is 1.59. The van der Waals surface area contributed by atoms with E-state index in [9.17, 15) is 18.0 Å². The van der Waals surface area contributed by atoms with E-state index in [1.54, 1.807) is 48.5 Å². The van der Waals surface area contributed by atoms with Crippen molar-refractivity contribution in [2.24, 2.45) is 5.92 Å². The molecule has 0 aliphatic carbocycles. The van der Waals surface area contributed by atoms with Gasteiger partial charge in [0.25, 0.3) is 0 Å². The van der Waals surface area contributed by atoms with E-state index in [0.29, 0.717) is 37.3 Å². The SMILES string of the molecule is CC(=O)Nc1cccc(NC(=O)C2CCN(S(=O)(=O)c3ccc(Br)cc3)CC2)c1. The third kappa shape index (κ3) is 5.43. The van der Waals surface area contributed by atoms with Crippen LogP contribution < -0.4 is 10.6 Å². The molecule has 29 heavy (non-hydrogen) atoms.